The maximum Gasteiger partial charge on any atom is 0.133 e. The molecule has 0 aliphatic heterocycles. The highest BCUT2D eigenvalue weighted by molar-refractivity contribution is 9.10. The van der Waals surface area contributed by atoms with E-state index in [4.69, 9.17) is 26.2 Å². The molecule has 0 bridgehead atoms. The highest BCUT2D eigenvalue weighted by atomic mass is 79.9. The number of hydrogen-bond donors (Lipinski definition) is 2. The Balaban J connectivity index is 1.59. The van der Waals surface area contributed by atoms with Gasteiger partial charge in [-0.05, 0) is 51.3 Å². The van der Waals surface area contributed by atoms with Crippen molar-refractivity contribution in [2.45, 2.75) is 45.4 Å². The fourth-order valence-corrected chi connectivity index (χ4v) is 3.96. The third-order valence-corrected chi connectivity index (χ3v) is 6.75. The Hall–Kier alpha value is -2.13. The first-order valence-corrected chi connectivity index (χ1v) is 12.5. The third-order valence-electron chi connectivity index (χ3n) is 5.60. The van der Waals surface area contributed by atoms with Crippen LogP contribution in [0.4, 0.5) is 0 Å². The van der Waals surface area contributed by atoms with Gasteiger partial charge in [0.2, 0.25) is 0 Å². The fraction of sp³-hybridized carbons (Fsp3) is 0.440. The van der Waals surface area contributed by atoms with Gasteiger partial charge in [0.05, 0.1) is 30.4 Å². The van der Waals surface area contributed by atoms with Crippen LogP contribution in [0.2, 0.25) is 0 Å². The molecule has 2 atom stereocenters. The Kier molecular flexibility index (Phi) is 9.36. The third kappa shape index (κ3) is 6.95. The van der Waals surface area contributed by atoms with Crippen LogP contribution in [0.25, 0.3) is 0 Å². The number of halogens is 2. The van der Waals surface area contributed by atoms with E-state index in [9.17, 15) is 5.11 Å². The molecule has 184 valence electrons. The van der Waals surface area contributed by atoms with Gasteiger partial charge in [-0.25, -0.2) is 4.68 Å². The van der Waals surface area contributed by atoms with Crippen molar-refractivity contribution in [1.82, 2.24) is 15.0 Å². The second-order valence-corrected chi connectivity index (χ2v) is 10.1. The molecule has 0 saturated carbocycles. The summed E-state index contributed by atoms with van der Waals surface area (Å²) >= 11 is 9.50. The summed E-state index contributed by atoms with van der Waals surface area (Å²) in [6.07, 6.45) is 0.840. The van der Waals surface area contributed by atoms with Crippen LogP contribution >= 0.6 is 27.5 Å². The van der Waals surface area contributed by atoms with Gasteiger partial charge in [-0.1, -0.05) is 44.2 Å². The molecule has 0 radical (unpaired) electrons. The zero-order valence-corrected chi connectivity index (χ0v) is 22.0. The van der Waals surface area contributed by atoms with Crippen LogP contribution in [0.15, 0.2) is 53.1 Å². The summed E-state index contributed by atoms with van der Waals surface area (Å²) in [6.45, 7) is 7.14. The zero-order chi connectivity index (χ0) is 24.7. The van der Waals surface area contributed by atoms with Crippen LogP contribution in [-0.4, -0.2) is 50.4 Å². The standard InChI is InChI=1S/C25H31BrClN3O4/c1-17(11-27)15-34-24-9-6-19(10-23(24)26)25(2,3)18-4-7-22(8-5-18)33-16-21(32)13-30-12-20(14-31)28-29-30/h4-10,12,17,21,31-32H,11,13-16H2,1-3H3/t17-,21+/m0/s1. The van der Waals surface area contributed by atoms with E-state index in [1.54, 1.807) is 6.20 Å². The summed E-state index contributed by atoms with van der Waals surface area (Å²) in [4.78, 5) is 0. The second kappa shape index (κ2) is 12.0. The minimum absolute atomic E-state index is 0.119. The Labute approximate surface area is 213 Å². The van der Waals surface area contributed by atoms with Crippen LogP contribution < -0.4 is 9.47 Å². The topological polar surface area (TPSA) is 89.6 Å². The van der Waals surface area contributed by atoms with Gasteiger partial charge in [-0.2, -0.15) is 0 Å². The van der Waals surface area contributed by atoms with Crippen molar-refractivity contribution in [2.24, 2.45) is 5.92 Å². The van der Waals surface area contributed by atoms with E-state index in [0.29, 0.717) is 23.9 Å². The number of ether oxygens (including phenoxy) is 2. The molecule has 3 rings (SSSR count). The normalized spacial score (nSPS) is 13.5. The lowest BCUT2D eigenvalue weighted by Gasteiger charge is -2.27. The number of benzene rings is 2. The fourth-order valence-electron chi connectivity index (χ4n) is 3.38. The molecule has 7 nitrogen and oxygen atoms in total. The Morgan fingerprint density at radius 3 is 2.41 bits per heavy atom. The maximum absolute atomic E-state index is 10.2. The first kappa shape index (κ1) is 26.5. The highest BCUT2D eigenvalue weighted by Gasteiger charge is 2.24. The predicted octanol–water partition coefficient (Wildman–Crippen LogP) is 4.55. The van der Waals surface area contributed by atoms with Crippen molar-refractivity contribution >= 4 is 27.5 Å². The average molecular weight is 553 g/mol. The summed E-state index contributed by atoms with van der Waals surface area (Å²) in [5.74, 6) is 2.33. The van der Waals surface area contributed by atoms with Gasteiger partial charge < -0.3 is 19.7 Å². The minimum atomic E-state index is -0.755. The van der Waals surface area contributed by atoms with Crippen molar-refractivity contribution in [3.05, 3.63) is 70.0 Å². The lowest BCUT2D eigenvalue weighted by atomic mass is 9.78. The zero-order valence-electron chi connectivity index (χ0n) is 19.6. The van der Waals surface area contributed by atoms with Gasteiger partial charge in [0.1, 0.15) is 29.9 Å². The molecule has 1 heterocycles. The number of hydrogen-bond acceptors (Lipinski definition) is 6. The predicted molar refractivity (Wildman–Crippen MR) is 136 cm³/mol. The van der Waals surface area contributed by atoms with Crippen molar-refractivity contribution in [3.8, 4) is 11.5 Å². The van der Waals surface area contributed by atoms with Crippen molar-refractivity contribution in [3.63, 3.8) is 0 Å². The molecule has 0 aliphatic rings. The molecule has 0 spiro atoms. The molecule has 0 unspecified atom stereocenters. The molecule has 0 fully saturated rings. The first-order valence-electron chi connectivity index (χ1n) is 11.1. The van der Waals surface area contributed by atoms with E-state index >= 15 is 0 Å². The number of alkyl halides is 1. The summed E-state index contributed by atoms with van der Waals surface area (Å²) < 4.78 is 14.0. The van der Waals surface area contributed by atoms with E-state index < -0.39 is 6.10 Å². The molecule has 3 aromatic rings. The van der Waals surface area contributed by atoms with E-state index in [1.807, 2.05) is 30.3 Å². The van der Waals surface area contributed by atoms with Gasteiger partial charge in [-0.15, -0.1) is 16.7 Å². The van der Waals surface area contributed by atoms with Crippen LogP contribution in [0.1, 0.15) is 37.6 Å². The highest BCUT2D eigenvalue weighted by Crippen LogP contribution is 2.36. The number of rotatable bonds is 12. The molecular weight excluding hydrogens is 522 g/mol. The Morgan fingerprint density at radius 1 is 1.09 bits per heavy atom. The number of aromatic nitrogens is 3. The van der Waals surface area contributed by atoms with Gasteiger partial charge in [-0.3, -0.25) is 0 Å². The van der Waals surface area contributed by atoms with Crippen molar-refractivity contribution in [2.75, 3.05) is 19.1 Å². The minimum Gasteiger partial charge on any atom is -0.492 e. The number of aliphatic hydroxyl groups is 2. The molecule has 0 amide bonds. The summed E-state index contributed by atoms with van der Waals surface area (Å²) in [5.41, 5.74) is 2.51. The van der Waals surface area contributed by atoms with Gasteiger partial charge in [0.15, 0.2) is 0 Å². The van der Waals surface area contributed by atoms with E-state index in [1.165, 1.54) is 4.68 Å². The van der Waals surface area contributed by atoms with Crippen LogP contribution in [0.3, 0.4) is 0 Å². The molecule has 34 heavy (non-hydrogen) atoms. The largest absolute Gasteiger partial charge is 0.492 e. The van der Waals surface area contributed by atoms with Crippen LogP contribution in [0, 0.1) is 5.92 Å². The molecule has 2 N–H and O–H groups in total. The summed E-state index contributed by atoms with van der Waals surface area (Å²) in [7, 11) is 0. The maximum atomic E-state index is 10.2. The van der Waals surface area contributed by atoms with E-state index in [0.717, 1.165) is 21.3 Å². The quantitative estimate of drug-likeness (QED) is 0.321. The van der Waals surface area contributed by atoms with Crippen LogP contribution in [-0.2, 0) is 18.6 Å². The van der Waals surface area contributed by atoms with Gasteiger partial charge in [0.25, 0.3) is 0 Å². The molecule has 1 aromatic heterocycles. The lowest BCUT2D eigenvalue weighted by molar-refractivity contribution is 0.0888. The Morgan fingerprint density at radius 2 is 1.79 bits per heavy atom. The van der Waals surface area contributed by atoms with Crippen LogP contribution in [0.5, 0.6) is 11.5 Å². The smallest absolute Gasteiger partial charge is 0.133 e. The van der Waals surface area contributed by atoms with Gasteiger partial charge >= 0.3 is 0 Å². The van der Waals surface area contributed by atoms with Gasteiger partial charge in [0, 0.05) is 17.2 Å². The molecule has 0 saturated heterocycles. The first-order chi connectivity index (χ1) is 16.2. The Bertz CT molecular complexity index is 1060. The second-order valence-electron chi connectivity index (χ2n) is 8.92. The number of aliphatic hydroxyl groups excluding tert-OH is 2. The molecule has 9 heteroatoms. The average Bonchev–Trinajstić information content (AvgIpc) is 3.29. The lowest BCUT2D eigenvalue weighted by Crippen LogP contribution is -2.24. The van der Waals surface area contributed by atoms with Crippen molar-refractivity contribution in [1.29, 1.82) is 0 Å². The number of nitrogens with zero attached hydrogens (tertiary/aromatic N) is 3. The molecule has 0 aliphatic carbocycles. The summed E-state index contributed by atoms with van der Waals surface area (Å²) in [5, 5.41) is 26.9. The van der Waals surface area contributed by atoms with Crippen molar-refractivity contribution < 1.29 is 19.7 Å². The SMILES string of the molecule is C[C@@H](CCl)COc1ccc(C(C)(C)c2ccc(OC[C@H](O)Cn3cc(CO)nn3)cc2)cc1Br. The van der Waals surface area contributed by atoms with E-state index in [-0.39, 0.29) is 31.1 Å². The molecule has 2 aromatic carbocycles. The van der Waals surface area contributed by atoms with E-state index in [2.05, 4.69) is 59.1 Å². The summed E-state index contributed by atoms with van der Waals surface area (Å²) in [6, 6.07) is 14.0. The molecular formula is C25H31BrClN3O4. The monoisotopic (exact) mass is 551 g/mol.